The number of nitrogen functional groups attached to an aromatic ring is 1. The Bertz CT molecular complexity index is 1130. The number of alkyl halides is 3. The van der Waals surface area contributed by atoms with Crippen LogP contribution >= 0.6 is 0 Å². The highest BCUT2D eigenvalue weighted by Gasteiger charge is 2.28. The molecule has 0 saturated carbocycles. The van der Waals surface area contributed by atoms with Crippen molar-refractivity contribution in [2.24, 2.45) is 0 Å². The van der Waals surface area contributed by atoms with Crippen LogP contribution in [-0.4, -0.2) is 58.7 Å². The van der Waals surface area contributed by atoms with Crippen LogP contribution in [0.1, 0.15) is 11.4 Å². The maximum absolute atomic E-state index is 12.6. The summed E-state index contributed by atoms with van der Waals surface area (Å²) in [6, 6.07) is 5.30. The SMILES string of the molecule is COc1cc(-c2c(N)nc(NC3COC3)nc2COCC(F)(F)F)ccc1-n1cnc(C)c1. The summed E-state index contributed by atoms with van der Waals surface area (Å²) >= 11 is 0. The van der Waals surface area contributed by atoms with Crippen LogP contribution in [0.15, 0.2) is 30.7 Å². The van der Waals surface area contributed by atoms with E-state index in [1.165, 1.54) is 7.11 Å². The molecule has 1 aliphatic rings. The summed E-state index contributed by atoms with van der Waals surface area (Å²) < 4.78 is 55.3. The molecule has 176 valence electrons. The zero-order chi connectivity index (χ0) is 23.6. The lowest BCUT2D eigenvalue weighted by molar-refractivity contribution is -0.176. The van der Waals surface area contributed by atoms with Crippen molar-refractivity contribution in [3.8, 4) is 22.6 Å². The first-order chi connectivity index (χ1) is 15.7. The minimum atomic E-state index is -4.46. The summed E-state index contributed by atoms with van der Waals surface area (Å²) in [5.41, 5.74) is 8.98. The second kappa shape index (κ2) is 9.24. The van der Waals surface area contributed by atoms with Crippen LogP contribution in [0.5, 0.6) is 5.75 Å². The van der Waals surface area contributed by atoms with Crippen LogP contribution in [0, 0.1) is 6.92 Å². The average molecular weight is 464 g/mol. The number of aryl methyl sites for hydroxylation is 1. The van der Waals surface area contributed by atoms with Crippen LogP contribution in [0.25, 0.3) is 16.8 Å². The molecule has 33 heavy (non-hydrogen) atoms. The molecule has 0 aliphatic carbocycles. The van der Waals surface area contributed by atoms with Crippen molar-refractivity contribution in [2.75, 3.05) is 38.0 Å². The molecule has 3 N–H and O–H groups in total. The van der Waals surface area contributed by atoms with Crippen molar-refractivity contribution in [3.05, 3.63) is 42.1 Å². The van der Waals surface area contributed by atoms with E-state index in [4.69, 9.17) is 19.9 Å². The Morgan fingerprint density at radius 3 is 2.67 bits per heavy atom. The number of imidazole rings is 1. The lowest BCUT2D eigenvalue weighted by Gasteiger charge is -2.27. The van der Waals surface area contributed by atoms with Crippen LogP contribution in [0.4, 0.5) is 24.9 Å². The van der Waals surface area contributed by atoms with Gasteiger partial charge in [0.15, 0.2) is 0 Å². The van der Waals surface area contributed by atoms with E-state index in [0.29, 0.717) is 30.1 Å². The summed E-state index contributed by atoms with van der Waals surface area (Å²) in [4.78, 5) is 12.9. The molecule has 0 spiro atoms. The molecule has 12 heteroatoms. The van der Waals surface area contributed by atoms with Crippen molar-refractivity contribution in [1.29, 1.82) is 0 Å². The zero-order valence-electron chi connectivity index (χ0n) is 18.0. The molecule has 9 nitrogen and oxygen atoms in total. The van der Waals surface area contributed by atoms with Crippen molar-refractivity contribution < 1.29 is 27.4 Å². The third-order valence-corrected chi connectivity index (χ3v) is 4.95. The van der Waals surface area contributed by atoms with Crippen molar-refractivity contribution in [3.63, 3.8) is 0 Å². The molecule has 0 atom stereocenters. The lowest BCUT2D eigenvalue weighted by atomic mass is 10.0. The fourth-order valence-corrected chi connectivity index (χ4v) is 3.37. The Balaban J connectivity index is 1.71. The van der Waals surface area contributed by atoms with E-state index in [1.54, 1.807) is 29.1 Å². The monoisotopic (exact) mass is 464 g/mol. The van der Waals surface area contributed by atoms with Gasteiger partial charge in [0.25, 0.3) is 0 Å². The topological polar surface area (TPSA) is 109 Å². The molecule has 0 bridgehead atoms. The van der Waals surface area contributed by atoms with Gasteiger partial charge in [0.05, 0.1) is 56.4 Å². The number of nitrogens with zero attached hydrogens (tertiary/aromatic N) is 4. The Morgan fingerprint density at radius 2 is 2.06 bits per heavy atom. The fraction of sp³-hybridized carbons (Fsp3) is 0.381. The number of nitrogens with one attached hydrogen (secondary N) is 1. The van der Waals surface area contributed by atoms with Crippen LogP contribution in [-0.2, 0) is 16.1 Å². The molecule has 0 unspecified atom stereocenters. The molecule has 0 radical (unpaired) electrons. The van der Waals surface area contributed by atoms with Gasteiger partial charge in [-0.25, -0.2) is 9.97 Å². The number of aromatic nitrogens is 4. The van der Waals surface area contributed by atoms with Gasteiger partial charge in [-0.1, -0.05) is 6.07 Å². The lowest BCUT2D eigenvalue weighted by Crippen LogP contribution is -2.40. The molecule has 3 aromatic rings. The first kappa shape index (κ1) is 22.8. The van der Waals surface area contributed by atoms with Crippen molar-refractivity contribution in [1.82, 2.24) is 19.5 Å². The Labute approximate surface area is 187 Å². The first-order valence-corrected chi connectivity index (χ1v) is 10.1. The fourth-order valence-electron chi connectivity index (χ4n) is 3.37. The highest BCUT2D eigenvalue weighted by molar-refractivity contribution is 5.79. The smallest absolute Gasteiger partial charge is 0.411 e. The van der Waals surface area contributed by atoms with Gasteiger partial charge < -0.3 is 29.8 Å². The molecule has 4 rings (SSSR count). The summed E-state index contributed by atoms with van der Waals surface area (Å²) in [6.07, 6.45) is -0.960. The Kier molecular flexibility index (Phi) is 6.38. The van der Waals surface area contributed by atoms with E-state index in [2.05, 4.69) is 20.3 Å². The van der Waals surface area contributed by atoms with Crippen molar-refractivity contribution in [2.45, 2.75) is 25.7 Å². The molecule has 1 fully saturated rings. The van der Waals surface area contributed by atoms with Gasteiger partial charge in [-0.3, -0.25) is 0 Å². The highest BCUT2D eigenvalue weighted by atomic mass is 19.4. The standard InChI is InChI=1S/C21H23F3N6O3/c1-12-6-30(11-26-12)16-4-3-13(5-17(16)31-2)18-15(9-33-10-21(22,23)24)28-20(29-19(18)25)27-14-7-32-8-14/h3-6,11,14H,7-10H2,1-2H3,(H3,25,27,28,29). The summed E-state index contributed by atoms with van der Waals surface area (Å²) in [5.74, 6) is 0.819. The van der Waals surface area contributed by atoms with Crippen molar-refractivity contribution >= 4 is 11.8 Å². The number of rotatable bonds is 8. The average Bonchev–Trinajstić information content (AvgIpc) is 3.15. The number of hydrogen-bond donors (Lipinski definition) is 2. The minimum Gasteiger partial charge on any atom is -0.495 e. The number of hydrogen-bond acceptors (Lipinski definition) is 8. The van der Waals surface area contributed by atoms with Gasteiger partial charge in [-0.2, -0.15) is 18.2 Å². The predicted octanol–water partition coefficient (Wildman–Crippen LogP) is 3.12. The Hall–Kier alpha value is -3.38. The predicted molar refractivity (Wildman–Crippen MR) is 114 cm³/mol. The number of ether oxygens (including phenoxy) is 3. The summed E-state index contributed by atoms with van der Waals surface area (Å²) in [6.45, 7) is 1.03. The largest absolute Gasteiger partial charge is 0.495 e. The molecule has 1 aliphatic heterocycles. The van der Waals surface area contributed by atoms with Gasteiger partial charge >= 0.3 is 6.18 Å². The number of anilines is 2. The van der Waals surface area contributed by atoms with E-state index in [1.807, 2.05) is 13.1 Å². The van der Waals surface area contributed by atoms with E-state index in [0.717, 1.165) is 11.4 Å². The third kappa shape index (κ3) is 5.34. The van der Waals surface area contributed by atoms with Gasteiger partial charge in [-0.15, -0.1) is 0 Å². The normalized spacial score (nSPS) is 14.2. The number of methoxy groups -OCH3 is 1. The van der Waals surface area contributed by atoms with Gasteiger partial charge in [0.2, 0.25) is 5.95 Å². The maximum atomic E-state index is 12.6. The minimum absolute atomic E-state index is 0.0113. The third-order valence-electron chi connectivity index (χ3n) is 4.95. The van der Waals surface area contributed by atoms with Crippen LogP contribution in [0.3, 0.4) is 0 Å². The molecular formula is C21H23F3N6O3. The zero-order valence-corrected chi connectivity index (χ0v) is 18.0. The van der Waals surface area contributed by atoms with E-state index < -0.39 is 19.4 Å². The summed E-state index contributed by atoms with van der Waals surface area (Å²) in [5, 5.41) is 3.06. The number of benzene rings is 1. The first-order valence-electron chi connectivity index (χ1n) is 10.1. The highest BCUT2D eigenvalue weighted by Crippen LogP contribution is 2.35. The molecule has 2 aromatic heterocycles. The molecular weight excluding hydrogens is 441 g/mol. The van der Waals surface area contributed by atoms with E-state index in [9.17, 15) is 13.2 Å². The molecule has 3 heterocycles. The quantitative estimate of drug-likeness (QED) is 0.524. The summed E-state index contributed by atoms with van der Waals surface area (Å²) in [7, 11) is 1.52. The van der Waals surface area contributed by atoms with Crippen LogP contribution in [0.2, 0.25) is 0 Å². The molecule has 1 aromatic carbocycles. The van der Waals surface area contributed by atoms with E-state index in [-0.39, 0.29) is 23.5 Å². The van der Waals surface area contributed by atoms with E-state index >= 15 is 0 Å². The number of halogens is 3. The molecule has 1 saturated heterocycles. The molecule has 0 amide bonds. The maximum Gasteiger partial charge on any atom is 0.411 e. The van der Waals surface area contributed by atoms with Gasteiger partial charge in [0, 0.05) is 11.8 Å². The van der Waals surface area contributed by atoms with Gasteiger partial charge in [-0.05, 0) is 24.6 Å². The van der Waals surface area contributed by atoms with Crippen LogP contribution < -0.4 is 15.8 Å². The Morgan fingerprint density at radius 1 is 1.27 bits per heavy atom. The van der Waals surface area contributed by atoms with Gasteiger partial charge in [0.1, 0.15) is 18.2 Å². The second-order valence-corrected chi connectivity index (χ2v) is 7.55. The number of nitrogens with two attached hydrogens (primary N) is 1. The second-order valence-electron chi connectivity index (χ2n) is 7.55.